The molecule has 0 spiro atoms. The van der Waals surface area contributed by atoms with Crippen LogP contribution in [0.25, 0.3) is 0 Å². The fourth-order valence-corrected chi connectivity index (χ4v) is 2.01. The lowest BCUT2D eigenvalue weighted by Gasteiger charge is -2.29. The zero-order valence-corrected chi connectivity index (χ0v) is 9.31. The predicted octanol–water partition coefficient (Wildman–Crippen LogP) is 2.08. The lowest BCUT2D eigenvalue weighted by molar-refractivity contribution is -0.384. The second-order valence-corrected chi connectivity index (χ2v) is 3.84. The molecular weight excluding hydrogens is 232 g/mol. The maximum atomic E-state index is 10.7. The van der Waals surface area contributed by atoms with E-state index in [1.165, 1.54) is 6.07 Å². The van der Waals surface area contributed by atoms with Crippen LogP contribution in [0.3, 0.4) is 0 Å². The van der Waals surface area contributed by atoms with Crippen molar-refractivity contribution in [3.63, 3.8) is 0 Å². The van der Waals surface area contributed by atoms with E-state index in [-0.39, 0.29) is 10.7 Å². The van der Waals surface area contributed by atoms with Crippen molar-refractivity contribution in [2.45, 2.75) is 0 Å². The fraction of sp³-hybridized carbons (Fsp3) is 0.400. The van der Waals surface area contributed by atoms with E-state index < -0.39 is 4.92 Å². The molecule has 0 N–H and O–H groups in total. The quantitative estimate of drug-likeness (QED) is 0.589. The summed E-state index contributed by atoms with van der Waals surface area (Å²) in [4.78, 5) is 12.3. The van der Waals surface area contributed by atoms with Gasteiger partial charge in [0.1, 0.15) is 5.02 Å². The van der Waals surface area contributed by atoms with Crippen molar-refractivity contribution >= 4 is 23.0 Å². The topological polar surface area (TPSA) is 55.6 Å². The van der Waals surface area contributed by atoms with Gasteiger partial charge in [-0.05, 0) is 6.07 Å². The summed E-state index contributed by atoms with van der Waals surface area (Å²) in [7, 11) is 0. The summed E-state index contributed by atoms with van der Waals surface area (Å²) in [6.45, 7) is 2.67. The van der Waals surface area contributed by atoms with Gasteiger partial charge < -0.3 is 9.64 Å². The lowest BCUT2D eigenvalue weighted by Crippen LogP contribution is -2.36. The second-order valence-electron chi connectivity index (χ2n) is 3.47. The van der Waals surface area contributed by atoms with Crippen LogP contribution in [-0.4, -0.2) is 31.2 Å². The molecule has 0 aliphatic carbocycles. The van der Waals surface area contributed by atoms with Gasteiger partial charge in [0.15, 0.2) is 0 Å². The van der Waals surface area contributed by atoms with Gasteiger partial charge in [-0.3, -0.25) is 10.1 Å². The first-order chi connectivity index (χ1) is 7.70. The molecule has 86 valence electrons. The Morgan fingerprint density at radius 3 is 2.69 bits per heavy atom. The van der Waals surface area contributed by atoms with Gasteiger partial charge in [-0.15, -0.1) is 0 Å². The smallest absolute Gasteiger partial charge is 0.290 e. The van der Waals surface area contributed by atoms with Gasteiger partial charge in [-0.2, -0.15) is 0 Å². The minimum Gasteiger partial charge on any atom is -0.378 e. The summed E-state index contributed by atoms with van der Waals surface area (Å²) < 4.78 is 5.22. The van der Waals surface area contributed by atoms with Gasteiger partial charge in [0.05, 0.1) is 23.8 Å². The van der Waals surface area contributed by atoms with Gasteiger partial charge in [-0.1, -0.05) is 17.7 Å². The number of ether oxygens (including phenoxy) is 1. The third-order valence-corrected chi connectivity index (χ3v) is 2.89. The zero-order chi connectivity index (χ0) is 11.5. The van der Waals surface area contributed by atoms with Crippen LogP contribution in [0.5, 0.6) is 0 Å². The standard InChI is InChI=1S/C10H11ClN2O3/c11-10-8(12-4-6-16-7-5-12)2-1-3-9(10)13(14)15/h1-3H,4-7H2. The molecule has 0 amide bonds. The molecule has 0 atom stereocenters. The third kappa shape index (κ3) is 2.10. The van der Waals surface area contributed by atoms with E-state index in [1.807, 2.05) is 4.90 Å². The van der Waals surface area contributed by atoms with E-state index in [1.54, 1.807) is 12.1 Å². The first kappa shape index (κ1) is 11.2. The highest BCUT2D eigenvalue weighted by Crippen LogP contribution is 2.34. The minimum absolute atomic E-state index is 0.0503. The maximum absolute atomic E-state index is 10.7. The Kier molecular flexibility index (Phi) is 3.26. The monoisotopic (exact) mass is 242 g/mol. The average Bonchev–Trinajstić information content (AvgIpc) is 2.30. The lowest BCUT2D eigenvalue weighted by atomic mass is 10.2. The van der Waals surface area contributed by atoms with Crippen molar-refractivity contribution in [3.8, 4) is 0 Å². The fourth-order valence-electron chi connectivity index (χ4n) is 1.70. The van der Waals surface area contributed by atoms with Crippen molar-refractivity contribution in [2.75, 3.05) is 31.2 Å². The van der Waals surface area contributed by atoms with Crippen LogP contribution >= 0.6 is 11.6 Å². The second kappa shape index (κ2) is 4.67. The summed E-state index contributed by atoms with van der Waals surface area (Å²) in [5.74, 6) is 0. The largest absolute Gasteiger partial charge is 0.378 e. The molecule has 0 unspecified atom stereocenters. The highest BCUT2D eigenvalue weighted by molar-refractivity contribution is 6.35. The molecule has 6 heteroatoms. The first-order valence-electron chi connectivity index (χ1n) is 4.96. The zero-order valence-electron chi connectivity index (χ0n) is 8.56. The SMILES string of the molecule is O=[N+]([O-])c1cccc(N2CCOCC2)c1Cl. The number of anilines is 1. The van der Waals surface area contributed by atoms with Gasteiger partial charge in [0.25, 0.3) is 5.69 Å². The Morgan fingerprint density at radius 1 is 1.38 bits per heavy atom. The number of morpholine rings is 1. The highest BCUT2D eigenvalue weighted by atomic mass is 35.5. The summed E-state index contributed by atoms with van der Waals surface area (Å²) in [5, 5.41) is 10.9. The Balaban J connectivity index is 2.33. The van der Waals surface area contributed by atoms with Crippen LogP contribution in [0, 0.1) is 10.1 Å². The molecular formula is C10H11ClN2O3. The summed E-state index contributed by atoms with van der Waals surface area (Å²) in [5.41, 5.74) is 0.657. The number of hydrogen-bond donors (Lipinski definition) is 0. The van der Waals surface area contributed by atoms with Crippen LogP contribution in [-0.2, 0) is 4.74 Å². The number of halogens is 1. The number of nitrogens with zero attached hydrogens (tertiary/aromatic N) is 2. The van der Waals surface area contributed by atoms with Crippen molar-refractivity contribution in [1.29, 1.82) is 0 Å². The molecule has 2 rings (SSSR count). The third-order valence-electron chi connectivity index (χ3n) is 2.51. The van der Waals surface area contributed by atoms with E-state index in [9.17, 15) is 10.1 Å². The number of nitro groups is 1. The van der Waals surface area contributed by atoms with Crippen molar-refractivity contribution in [1.82, 2.24) is 0 Å². The van der Waals surface area contributed by atoms with Crippen molar-refractivity contribution in [2.24, 2.45) is 0 Å². The predicted molar refractivity (Wildman–Crippen MR) is 61.1 cm³/mol. The van der Waals surface area contributed by atoms with Crippen molar-refractivity contribution < 1.29 is 9.66 Å². The number of rotatable bonds is 2. The average molecular weight is 243 g/mol. The van der Waals surface area contributed by atoms with Gasteiger partial charge in [-0.25, -0.2) is 0 Å². The molecule has 0 aromatic heterocycles. The normalized spacial score (nSPS) is 16.2. The first-order valence-corrected chi connectivity index (χ1v) is 5.33. The molecule has 5 nitrogen and oxygen atoms in total. The summed E-state index contributed by atoms with van der Waals surface area (Å²) in [6.07, 6.45) is 0. The molecule has 1 aromatic carbocycles. The summed E-state index contributed by atoms with van der Waals surface area (Å²) in [6, 6.07) is 4.85. The van der Waals surface area contributed by atoms with Crippen LogP contribution in [0.1, 0.15) is 0 Å². The molecule has 1 aromatic rings. The molecule has 1 aliphatic rings. The van der Waals surface area contributed by atoms with Crippen LogP contribution in [0.4, 0.5) is 11.4 Å². The summed E-state index contributed by atoms with van der Waals surface area (Å²) >= 11 is 6.01. The molecule has 1 fully saturated rings. The Hall–Kier alpha value is -1.33. The van der Waals surface area contributed by atoms with E-state index in [0.717, 1.165) is 0 Å². The molecule has 1 aliphatic heterocycles. The Bertz CT molecular complexity index is 405. The van der Waals surface area contributed by atoms with E-state index in [0.29, 0.717) is 32.0 Å². The molecule has 1 heterocycles. The van der Waals surface area contributed by atoms with Gasteiger partial charge >= 0.3 is 0 Å². The van der Waals surface area contributed by atoms with Crippen LogP contribution < -0.4 is 4.90 Å². The van der Waals surface area contributed by atoms with E-state index in [4.69, 9.17) is 16.3 Å². The number of hydrogen-bond acceptors (Lipinski definition) is 4. The molecule has 0 bridgehead atoms. The Labute approximate surface area is 97.7 Å². The molecule has 0 saturated carbocycles. The Morgan fingerprint density at radius 2 is 2.06 bits per heavy atom. The van der Waals surface area contributed by atoms with Crippen LogP contribution in [0.2, 0.25) is 5.02 Å². The molecule has 0 radical (unpaired) electrons. The van der Waals surface area contributed by atoms with Crippen LogP contribution in [0.15, 0.2) is 18.2 Å². The highest BCUT2D eigenvalue weighted by Gasteiger charge is 2.20. The molecule has 1 saturated heterocycles. The van der Waals surface area contributed by atoms with E-state index >= 15 is 0 Å². The van der Waals surface area contributed by atoms with E-state index in [2.05, 4.69) is 0 Å². The van der Waals surface area contributed by atoms with Gasteiger partial charge in [0, 0.05) is 19.2 Å². The number of nitro benzene ring substituents is 1. The molecule has 16 heavy (non-hydrogen) atoms. The maximum Gasteiger partial charge on any atom is 0.290 e. The van der Waals surface area contributed by atoms with Crippen molar-refractivity contribution in [3.05, 3.63) is 33.3 Å². The minimum atomic E-state index is -0.466. The van der Waals surface area contributed by atoms with Gasteiger partial charge in [0.2, 0.25) is 0 Å². The number of benzene rings is 1.